The average molecular weight is 222 g/mol. The highest BCUT2D eigenvalue weighted by atomic mass is 16.1. The Labute approximate surface area is 101 Å². The number of hydrogen-bond donors (Lipinski definition) is 0. The fraction of sp³-hybridized carbons (Fsp3) is 0.667. The molecule has 0 spiro atoms. The molecule has 0 saturated heterocycles. The Morgan fingerprint density at radius 2 is 2.06 bits per heavy atom. The predicted molar refractivity (Wildman–Crippen MR) is 71.5 cm³/mol. The number of hydrogen-bond acceptors (Lipinski definition) is 1. The van der Waals surface area contributed by atoms with Crippen LogP contribution in [0.5, 0.6) is 0 Å². The Morgan fingerprint density at radius 1 is 1.38 bits per heavy atom. The number of carbonyl (C=O) groups excluding carboxylic acids is 1. The van der Waals surface area contributed by atoms with E-state index < -0.39 is 0 Å². The van der Waals surface area contributed by atoms with Crippen molar-refractivity contribution < 1.29 is 4.79 Å². The minimum atomic E-state index is 0.789. The molecule has 0 aliphatic heterocycles. The van der Waals surface area contributed by atoms with Gasteiger partial charge in [0.05, 0.1) is 0 Å². The van der Waals surface area contributed by atoms with Gasteiger partial charge in [0, 0.05) is 0 Å². The van der Waals surface area contributed by atoms with E-state index in [4.69, 9.17) is 0 Å². The van der Waals surface area contributed by atoms with E-state index in [-0.39, 0.29) is 0 Å². The zero-order chi connectivity index (χ0) is 12.4. The SMILES string of the molecule is C=CC/C(C)=C(\C=O)CCCC(C)CCC. The van der Waals surface area contributed by atoms with E-state index in [0.29, 0.717) is 0 Å². The Morgan fingerprint density at radius 3 is 2.56 bits per heavy atom. The minimum absolute atomic E-state index is 0.789. The third kappa shape index (κ3) is 6.60. The maximum Gasteiger partial charge on any atom is 0.145 e. The van der Waals surface area contributed by atoms with Crippen molar-refractivity contribution in [1.29, 1.82) is 0 Å². The van der Waals surface area contributed by atoms with Gasteiger partial charge in [0.2, 0.25) is 0 Å². The molecule has 0 aliphatic rings. The molecule has 16 heavy (non-hydrogen) atoms. The number of allylic oxidation sites excluding steroid dienone is 3. The van der Waals surface area contributed by atoms with E-state index >= 15 is 0 Å². The van der Waals surface area contributed by atoms with E-state index in [0.717, 1.165) is 37.0 Å². The minimum Gasteiger partial charge on any atom is -0.298 e. The van der Waals surface area contributed by atoms with Gasteiger partial charge in [0.25, 0.3) is 0 Å². The molecule has 0 rings (SSSR count). The van der Waals surface area contributed by atoms with Crippen LogP contribution in [0.4, 0.5) is 0 Å². The van der Waals surface area contributed by atoms with Crippen molar-refractivity contribution in [2.75, 3.05) is 0 Å². The van der Waals surface area contributed by atoms with Crippen LogP contribution in [-0.2, 0) is 4.79 Å². The van der Waals surface area contributed by atoms with Gasteiger partial charge in [-0.15, -0.1) is 6.58 Å². The molecule has 0 fully saturated rings. The number of carbonyl (C=O) groups is 1. The van der Waals surface area contributed by atoms with E-state index in [9.17, 15) is 4.79 Å². The Balaban J connectivity index is 4.01. The molecule has 0 N–H and O–H groups in total. The molecule has 1 nitrogen and oxygen atoms in total. The van der Waals surface area contributed by atoms with Gasteiger partial charge in [-0.2, -0.15) is 0 Å². The van der Waals surface area contributed by atoms with Crippen LogP contribution >= 0.6 is 0 Å². The highest BCUT2D eigenvalue weighted by Crippen LogP contribution is 2.18. The van der Waals surface area contributed by atoms with E-state index in [1.54, 1.807) is 0 Å². The summed E-state index contributed by atoms with van der Waals surface area (Å²) in [4.78, 5) is 10.9. The molecule has 0 radical (unpaired) electrons. The van der Waals surface area contributed by atoms with Gasteiger partial charge in [-0.3, -0.25) is 4.79 Å². The fourth-order valence-corrected chi connectivity index (χ4v) is 2.00. The molecule has 0 amide bonds. The van der Waals surface area contributed by atoms with Gasteiger partial charge in [-0.1, -0.05) is 44.8 Å². The van der Waals surface area contributed by atoms with E-state index in [1.807, 2.05) is 13.0 Å². The van der Waals surface area contributed by atoms with Gasteiger partial charge in [0.15, 0.2) is 0 Å². The third-order valence-corrected chi connectivity index (χ3v) is 3.07. The summed E-state index contributed by atoms with van der Waals surface area (Å²) in [6.07, 6.45) is 9.55. The molecule has 0 aliphatic carbocycles. The number of rotatable bonds is 9. The first-order valence-corrected chi connectivity index (χ1v) is 6.40. The lowest BCUT2D eigenvalue weighted by Gasteiger charge is -2.10. The Kier molecular flexibility index (Phi) is 8.88. The Bertz CT molecular complexity index is 238. The summed E-state index contributed by atoms with van der Waals surface area (Å²) < 4.78 is 0. The molecule has 0 saturated carbocycles. The summed E-state index contributed by atoms with van der Waals surface area (Å²) >= 11 is 0. The van der Waals surface area contributed by atoms with E-state index in [1.165, 1.54) is 24.8 Å². The fourth-order valence-electron chi connectivity index (χ4n) is 2.00. The second-order valence-electron chi connectivity index (χ2n) is 4.70. The van der Waals surface area contributed by atoms with Gasteiger partial charge < -0.3 is 0 Å². The second kappa shape index (κ2) is 9.38. The lowest BCUT2D eigenvalue weighted by molar-refractivity contribution is -0.105. The van der Waals surface area contributed by atoms with Crippen molar-refractivity contribution in [1.82, 2.24) is 0 Å². The summed E-state index contributed by atoms with van der Waals surface area (Å²) in [6.45, 7) is 10.2. The molecule has 1 heteroatoms. The lowest BCUT2D eigenvalue weighted by Crippen LogP contribution is -1.96. The van der Waals surface area contributed by atoms with Crippen LogP contribution in [0.1, 0.15) is 59.3 Å². The predicted octanol–water partition coefficient (Wildman–Crippen LogP) is 4.68. The van der Waals surface area contributed by atoms with Crippen LogP contribution in [0.3, 0.4) is 0 Å². The molecule has 0 heterocycles. The molecular formula is C15H26O. The highest BCUT2D eigenvalue weighted by molar-refractivity contribution is 5.74. The normalized spacial score (nSPS) is 14.2. The van der Waals surface area contributed by atoms with Gasteiger partial charge in [-0.25, -0.2) is 0 Å². The number of aldehydes is 1. The maximum absolute atomic E-state index is 10.9. The first-order chi connectivity index (χ1) is 7.65. The summed E-state index contributed by atoms with van der Waals surface area (Å²) in [6, 6.07) is 0. The van der Waals surface area contributed by atoms with Crippen LogP contribution in [0.25, 0.3) is 0 Å². The summed E-state index contributed by atoms with van der Waals surface area (Å²) in [5, 5.41) is 0. The largest absolute Gasteiger partial charge is 0.298 e. The molecule has 0 aromatic carbocycles. The summed E-state index contributed by atoms with van der Waals surface area (Å²) in [5.74, 6) is 0.789. The molecular weight excluding hydrogens is 196 g/mol. The standard InChI is InChI=1S/C15H26O/c1-5-8-13(3)10-7-11-15(12-16)14(4)9-6-2/h6,12-13H,2,5,7-11H2,1,3-4H3/b15-14-. The van der Waals surface area contributed by atoms with Crippen LogP contribution in [0, 0.1) is 5.92 Å². The Hall–Kier alpha value is -0.850. The van der Waals surface area contributed by atoms with Crippen molar-refractivity contribution in [3.63, 3.8) is 0 Å². The van der Waals surface area contributed by atoms with Crippen LogP contribution in [-0.4, -0.2) is 6.29 Å². The molecule has 0 aromatic heterocycles. The molecule has 0 bridgehead atoms. The van der Waals surface area contributed by atoms with Crippen LogP contribution in [0.2, 0.25) is 0 Å². The molecule has 1 unspecified atom stereocenters. The van der Waals surface area contributed by atoms with Crippen molar-refractivity contribution in [3.8, 4) is 0 Å². The van der Waals surface area contributed by atoms with Gasteiger partial charge in [-0.05, 0) is 37.7 Å². The molecule has 1 atom stereocenters. The van der Waals surface area contributed by atoms with Crippen LogP contribution in [0.15, 0.2) is 23.8 Å². The van der Waals surface area contributed by atoms with E-state index in [2.05, 4.69) is 20.4 Å². The van der Waals surface area contributed by atoms with Gasteiger partial charge >= 0.3 is 0 Å². The summed E-state index contributed by atoms with van der Waals surface area (Å²) in [7, 11) is 0. The first kappa shape index (κ1) is 15.2. The lowest BCUT2D eigenvalue weighted by atomic mass is 9.96. The van der Waals surface area contributed by atoms with Crippen molar-refractivity contribution in [2.45, 2.75) is 59.3 Å². The smallest absolute Gasteiger partial charge is 0.145 e. The molecule has 0 aromatic rings. The average Bonchev–Trinajstić information content (AvgIpc) is 2.25. The van der Waals surface area contributed by atoms with Crippen molar-refractivity contribution in [2.24, 2.45) is 5.92 Å². The quantitative estimate of drug-likeness (QED) is 0.314. The third-order valence-electron chi connectivity index (χ3n) is 3.07. The molecule has 92 valence electrons. The van der Waals surface area contributed by atoms with Gasteiger partial charge in [0.1, 0.15) is 6.29 Å². The second-order valence-corrected chi connectivity index (χ2v) is 4.70. The zero-order valence-corrected chi connectivity index (χ0v) is 11.1. The monoisotopic (exact) mass is 222 g/mol. The highest BCUT2D eigenvalue weighted by Gasteiger charge is 2.04. The van der Waals surface area contributed by atoms with Crippen molar-refractivity contribution in [3.05, 3.63) is 23.8 Å². The first-order valence-electron chi connectivity index (χ1n) is 6.40. The zero-order valence-electron chi connectivity index (χ0n) is 11.1. The summed E-state index contributed by atoms with van der Waals surface area (Å²) in [5.41, 5.74) is 2.15. The topological polar surface area (TPSA) is 17.1 Å². The maximum atomic E-state index is 10.9. The van der Waals surface area contributed by atoms with Crippen LogP contribution < -0.4 is 0 Å². The van der Waals surface area contributed by atoms with Crippen molar-refractivity contribution >= 4 is 6.29 Å².